The Labute approximate surface area is 167 Å². The number of nitrogens with zero attached hydrogens (tertiary/aromatic N) is 5. The summed E-state index contributed by atoms with van der Waals surface area (Å²) in [5, 5.41) is 0. The first-order valence-electron chi connectivity index (χ1n) is 10.6. The summed E-state index contributed by atoms with van der Waals surface area (Å²) in [7, 11) is 0. The SMILES string of the molecule is CC1CC2C(=O)N(CCCN3CCN(c4ncccn4)CC3)C(=O)C2CC1C. The number of hydrogen-bond donors (Lipinski definition) is 0. The van der Waals surface area contributed by atoms with Crippen LogP contribution in [0.25, 0.3) is 0 Å². The fraction of sp³-hybridized carbons (Fsp3) is 0.714. The molecular weight excluding hydrogens is 354 g/mol. The first-order chi connectivity index (χ1) is 13.5. The molecule has 3 heterocycles. The maximum absolute atomic E-state index is 12.8. The number of carbonyl (C=O) groups is 2. The quantitative estimate of drug-likeness (QED) is 0.718. The number of anilines is 1. The highest BCUT2D eigenvalue weighted by Crippen LogP contribution is 2.43. The van der Waals surface area contributed by atoms with Gasteiger partial charge in [0, 0.05) is 45.1 Å². The Morgan fingerprint density at radius 2 is 1.46 bits per heavy atom. The third kappa shape index (κ3) is 3.77. The van der Waals surface area contributed by atoms with Crippen LogP contribution in [0.1, 0.15) is 33.1 Å². The minimum Gasteiger partial charge on any atom is -0.338 e. The van der Waals surface area contributed by atoms with E-state index in [-0.39, 0.29) is 23.7 Å². The second-order valence-electron chi connectivity index (χ2n) is 8.70. The van der Waals surface area contributed by atoms with E-state index in [9.17, 15) is 9.59 Å². The smallest absolute Gasteiger partial charge is 0.233 e. The van der Waals surface area contributed by atoms with Crippen LogP contribution in [-0.2, 0) is 9.59 Å². The van der Waals surface area contributed by atoms with E-state index >= 15 is 0 Å². The van der Waals surface area contributed by atoms with E-state index in [0.29, 0.717) is 18.4 Å². The molecule has 4 rings (SSSR count). The van der Waals surface area contributed by atoms with Gasteiger partial charge >= 0.3 is 0 Å². The van der Waals surface area contributed by atoms with Crippen molar-refractivity contribution in [3.05, 3.63) is 18.5 Å². The molecule has 4 unspecified atom stereocenters. The van der Waals surface area contributed by atoms with E-state index < -0.39 is 0 Å². The summed E-state index contributed by atoms with van der Waals surface area (Å²) in [6, 6.07) is 1.83. The summed E-state index contributed by atoms with van der Waals surface area (Å²) in [6.45, 7) is 9.64. The zero-order valence-corrected chi connectivity index (χ0v) is 17.0. The molecule has 0 radical (unpaired) electrons. The minimum atomic E-state index is -0.0619. The molecule has 0 N–H and O–H groups in total. The lowest BCUT2D eigenvalue weighted by atomic mass is 9.70. The van der Waals surface area contributed by atoms with Crippen LogP contribution in [0.15, 0.2) is 18.5 Å². The monoisotopic (exact) mass is 385 g/mol. The van der Waals surface area contributed by atoms with Crippen molar-refractivity contribution < 1.29 is 9.59 Å². The fourth-order valence-electron chi connectivity index (χ4n) is 4.95. The van der Waals surface area contributed by atoms with Gasteiger partial charge in [-0.15, -0.1) is 0 Å². The van der Waals surface area contributed by atoms with Crippen molar-refractivity contribution in [2.24, 2.45) is 23.7 Å². The van der Waals surface area contributed by atoms with Crippen LogP contribution in [0.4, 0.5) is 5.95 Å². The molecule has 0 aromatic carbocycles. The van der Waals surface area contributed by atoms with Gasteiger partial charge in [0.05, 0.1) is 11.8 Å². The van der Waals surface area contributed by atoms with E-state index in [2.05, 4.69) is 33.6 Å². The molecule has 1 saturated carbocycles. The average molecular weight is 386 g/mol. The van der Waals surface area contributed by atoms with Crippen molar-refractivity contribution in [2.45, 2.75) is 33.1 Å². The summed E-state index contributed by atoms with van der Waals surface area (Å²) in [5.74, 6) is 1.90. The lowest BCUT2D eigenvalue weighted by Crippen LogP contribution is -2.47. The molecule has 28 heavy (non-hydrogen) atoms. The van der Waals surface area contributed by atoms with Crippen LogP contribution < -0.4 is 4.90 Å². The van der Waals surface area contributed by atoms with Gasteiger partial charge in [-0.25, -0.2) is 9.97 Å². The maximum atomic E-state index is 12.8. The fourth-order valence-corrected chi connectivity index (χ4v) is 4.95. The van der Waals surface area contributed by atoms with Gasteiger partial charge in [0.2, 0.25) is 17.8 Å². The molecule has 3 fully saturated rings. The Morgan fingerprint density at radius 1 is 0.893 bits per heavy atom. The van der Waals surface area contributed by atoms with Gasteiger partial charge in [0.25, 0.3) is 0 Å². The molecule has 7 nitrogen and oxygen atoms in total. The van der Waals surface area contributed by atoms with Gasteiger partial charge in [0.1, 0.15) is 0 Å². The third-order valence-corrected chi connectivity index (χ3v) is 6.94. The topological polar surface area (TPSA) is 69.6 Å². The number of aromatic nitrogens is 2. The predicted molar refractivity (Wildman–Crippen MR) is 107 cm³/mol. The zero-order valence-electron chi connectivity index (χ0n) is 17.0. The Kier molecular flexibility index (Phi) is 5.62. The van der Waals surface area contributed by atoms with Crippen molar-refractivity contribution in [3.8, 4) is 0 Å². The number of imide groups is 1. The van der Waals surface area contributed by atoms with Gasteiger partial charge in [0.15, 0.2) is 0 Å². The number of fused-ring (bicyclic) bond motifs is 1. The second-order valence-corrected chi connectivity index (χ2v) is 8.70. The Balaban J connectivity index is 1.24. The van der Waals surface area contributed by atoms with E-state index in [1.54, 1.807) is 17.3 Å². The Morgan fingerprint density at radius 3 is 2.04 bits per heavy atom. The van der Waals surface area contributed by atoms with Crippen LogP contribution in [0.5, 0.6) is 0 Å². The van der Waals surface area contributed by atoms with Crippen molar-refractivity contribution in [1.29, 1.82) is 0 Å². The Hall–Kier alpha value is -2.02. The van der Waals surface area contributed by atoms with Gasteiger partial charge in [-0.2, -0.15) is 0 Å². The standard InChI is InChI=1S/C21H31N5O2/c1-15-13-17-18(14-16(15)2)20(28)26(19(17)27)8-4-7-24-9-11-25(12-10-24)21-22-5-3-6-23-21/h3,5-6,15-18H,4,7-14H2,1-2H3. The number of hydrogen-bond acceptors (Lipinski definition) is 6. The molecule has 2 amide bonds. The zero-order chi connectivity index (χ0) is 19.7. The number of piperazine rings is 1. The lowest BCUT2D eigenvalue weighted by molar-refractivity contribution is -0.140. The first kappa shape index (κ1) is 19.3. The molecular formula is C21H31N5O2. The highest BCUT2D eigenvalue weighted by Gasteiger charge is 2.50. The first-order valence-corrected chi connectivity index (χ1v) is 10.6. The maximum Gasteiger partial charge on any atom is 0.233 e. The van der Waals surface area contributed by atoms with Gasteiger partial charge in [-0.05, 0) is 43.7 Å². The van der Waals surface area contributed by atoms with Gasteiger partial charge in [-0.3, -0.25) is 19.4 Å². The number of carbonyl (C=O) groups excluding carboxylic acids is 2. The lowest BCUT2D eigenvalue weighted by Gasteiger charge is -2.34. The molecule has 0 bridgehead atoms. The molecule has 3 aliphatic rings. The van der Waals surface area contributed by atoms with Crippen LogP contribution in [0.2, 0.25) is 0 Å². The predicted octanol–water partition coefficient (Wildman–Crippen LogP) is 1.66. The van der Waals surface area contributed by atoms with Crippen molar-refractivity contribution in [1.82, 2.24) is 19.8 Å². The number of amides is 2. The summed E-state index contributed by atoms with van der Waals surface area (Å²) in [5.41, 5.74) is 0. The van der Waals surface area contributed by atoms with E-state index in [1.807, 2.05) is 6.07 Å². The normalized spacial score (nSPS) is 31.4. The molecule has 1 aliphatic carbocycles. The largest absolute Gasteiger partial charge is 0.338 e. The van der Waals surface area contributed by atoms with E-state index in [1.165, 1.54) is 0 Å². The molecule has 7 heteroatoms. The summed E-state index contributed by atoms with van der Waals surface area (Å²) in [6.07, 6.45) is 6.15. The highest BCUT2D eigenvalue weighted by atomic mass is 16.2. The molecule has 2 saturated heterocycles. The van der Waals surface area contributed by atoms with E-state index in [0.717, 1.165) is 57.9 Å². The summed E-state index contributed by atoms with van der Waals surface area (Å²) >= 11 is 0. The van der Waals surface area contributed by atoms with Crippen LogP contribution in [0, 0.1) is 23.7 Å². The second kappa shape index (κ2) is 8.15. The molecule has 1 aromatic rings. The van der Waals surface area contributed by atoms with Crippen molar-refractivity contribution in [2.75, 3.05) is 44.2 Å². The highest BCUT2D eigenvalue weighted by molar-refractivity contribution is 6.05. The molecule has 0 spiro atoms. The van der Waals surface area contributed by atoms with Crippen molar-refractivity contribution >= 4 is 17.8 Å². The average Bonchev–Trinajstić information content (AvgIpc) is 2.94. The molecule has 152 valence electrons. The summed E-state index contributed by atoms with van der Waals surface area (Å²) in [4.78, 5) is 40.3. The third-order valence-electron chi connectivity index (χ3n) is 6.94. The van der Waals surface area contributed by atoms with Gasteiger partial charge < -0.3 is 4.90 Å². The molecule has 4 atom stereocenters. The number of likely N-dealkylation sites (tertiary alicyclic amines) is 1. The van der Waals surface area contributed by atoms with Crippen LogP contribution in [-0.4, -0.2) is 70.9 Å². The number of rotatable bonds is 5. The summed E-state index contributed by atoms with van der Waals surface area (Å²) < 4.78 is 0. The Bertz CT molecular complexity index is 676. The van der Waals surface area contributed by atoms with Crippen LogP contribution >= 0.6 is 0 Å². The van der Waals surface area contributed by atoms with Crippen LogP contribution in [0.3, 0.4) is 0 Å². The van der Waals surface area contributed by atoms with Crippen molar-refractivity contribution in [3.63, 3.8) is 0 Å². The van der Waals surface area contributed by atoms with Gasteiger partial charge in [-0.1, -0.05) is 13.8 Å². The molecule has 2 aliphatic heterocycles. The minimum absolute atomic E-state index is 0.0619. The molecule has 1 aromatic heterocycles. The van der Waals surface area contributed by atoms with E-state index in [4.69, 9.17) is 0 Å².